The van der Waals surface area contributed by atoms with Crippen LogP contribution in [-0.4, -0.2) is 38.2 Å². The van der Waals surface area contributed by atoms with Crippen molar-refractivity contribution in [2.75, 3.05) is 13.1 Å². The molecule has 134 valence electrons. The second kappa shape index (κ2) is 6.04. The van der Waals surface area contributed by atoms with E-state index in [0.29, 0.717) is 15.8 Å². The monoisotopic (exact) mass is 415 g/mol. The van der Waals surface area contributed by atoms with E-state index in [0.717, 1.165) is 37.5 Å². The maximum atomic E-state index is 12.1. The lowest BCUT2D eigenvalue weighted by Crippen LogP contribution is -2.35. The Labute approximate surface area is 158 Å². The number of ether oxygens (including phenoxy) is 1. The average molecular weight is 416 g/mol. The van der Waals surface area contributed by atoms with E-state index in [1.165, 1.54) is 0 Å². The van der Waals surface area contributed by atoms with E-state index in [-0.39, 0.29) is 17.1 Å². The predicted molar refractivity (Wildman–Crippen MR) is 98.5 cm³/mol. The minimum absolute atomic E-state index is 0.188. The van der Waals surface area contributed by atoms with Gasteiger partial charge in [0, 0.05) is 31.1 Å². The number of hydrogen-bond donors (Lipinski definition) is 1. The van der Waals surface area contributed by atoms with Crippen LogP contribution in [0.3, 0.4) is 0 Å². The molecule has 26 heavy (non-hydrogen) atoms. The van der Waals surface area contributed by atoms with Gasteiger partial charge in [-0.15, -0.1) is 0 Å². The zero-order chi connectivity index (χ0) is 18.5. The minimum Gasteiger partial charge on any atom is -0.462 e. The molecule has 2 aromatic rings. The molecule has 2 aromatic heterocycles. The van der Waals surface area contributed by atoms with Gasteiger partial charge in [0.25, 0.3) is 5.56 Å². The standard InChI is InChI=1S/C18H18BrN5O2/c1-18(2)6-3-15(26-18)23-7-4-11(5-8-23)13-9-14(25)21-17-12(10-20)16(19)22-24(13)17/h6,9,11H,4-5,7-8H2,1-2H3,(H,21,25). The Morgan fingerprint density at radius 1 is 1.46 bits per heavy atom. The van der Waals surface area contributed by atoms with Crippen LogP contribution in [0.4, 0.5) is 0 Å². The summed E-state index contributed by atoms with van der Waals surface area (Å²) in [6.45, 7) is 5.65. The van der Waals surface area contributed by atoms with Crippen molar-refractivity contribution in [3.8, 4) is 6.07 Å². The van der Waals surface area contributed by atoms with Gasteiger partial charge in [0.05, 0.1) is 5.69 Å². The van der Waals surface area contributed by atoms with Crippen molar-refractivity contribution in [3.05, 3.63) is 50.0 Å². The molecule has 8 heteroatoms. The largest absolute Gasteiger partial charge is 0.462 e. The number of nitrogens with zero attached hydrogens (tertiary/aromatic N) is 4. The molecule has 0 spiro atoms. The summed E-state index contributed by atoms with van der Waals surface area (Å²) in [7, 11) is 0. The highest BCUT2D eigenvalue weighted by molar-refractivity contribution is 9.10. The summed E-state index contributed by atoms with van der Waals surface area (Å²) >= 11 is 3.30. The number of nitrogens with one attached hydrogen (secondary N) is 1. The van der Waals surface area contributed by atoms with Crippen LogP contribution in [0.2, 0.25) is 0 Å². The van der Waals surface area contributed by atoms with Crippen LogP contribution >= 0.6 is 15.9 Å². The highest BCUT2D eigenvalue weighted by Crippen LogP contribution is 2.32. The quantitative estimate of drug-likeness (QED) is 0.761. The summed E-state index contributed by atoms with van der Waals surface area (Å²) in [4.78, 5) is 17.0. The summed E-state index contributed by atoms with van der Waals surface area (Å²) in [6.07, 6.45) is 3.68. The Balaban J connectivity index is 1.60. The van der Waals surface area contributed by atoms with Gasteiger partial charge < -0.3 is 14.6 Å². The highest BCUT2D eigenvalue weighted by Gasteiger charge is 2.30. The van der Waals surface area contributed by atoms with Crippen molar-refractivity contribution in [2.24, 2.45) is 0 Å². The van der Waals surface area contributed by atoms with Crippen molar-refractivity contribution < 1.29 is 4.74 Å². The summed E-state index contributed by atoms with van der Waals surface area (Å²) in [5.74, 6) is 0.978. The summed E-state index contributed by atoms with van der Waals surface area (Å²) in [5.41, 5.74) is 4.31. The number of aromatic nitrogens is 3. The third-order valence-electron chi connectivity index (χ3n) is 4.82. The first-order chi connectivity index (χ1) is 12.4. The van der Waals surface area contributed by atoms with E-state index in [1.807, 2.05) is 19.9 Å². The molecule has 4 heterocycles. The Morgan fingerprint density at radius 2 is 2.19 bits per heavy atom. The number of halogens is 1. The Kier molecular flexibility index (Phi) is 3.94. The van der Waals surface area contributed by atoms with Gasteiger partial charge in [-0.1, -0.05) is 5.73 Å². The summed E-state index contributed by atoms with van der Waals surface area (Å²) < 4.78 is 8.03. The van der Waals surface area contributed by atoms with Crippen LogP contribution in [0.25, 0.3) is 5.65 Å². The second-order valence-electron chi connectivity index (χ2n) is 7.16. The van der Waals surface area contributed by atoms with Gasteiger partial charge in [0.15, 0.2) is 5.65 Å². The number of likely N-dealkylation sites (tertiary alicyclic amines) is 1. The average Bonchev–Trinajstić information content (AvgIpc) is 3.12. The molecular weight excluding hydrogens is 398 g/mol. The summed E-state index contributed by atoms with van der Waals surface area (Å²) in [5, 5.41) is 13.7. The minimum atomic E-state index is -0.305. The van der Waals surface area contributed by atoms with Crippen molar-refractivity contribution in [3.63, 3.8) is 0 Å². The first-order valence-corrected chi connectivity index (χ1v) is 9.30. The number of H-pyrrole nitrogens is 1. The van der Waals surface area contributed by atoms with Crippen LogP contribution in [0.5, 0.6) is 0 Å². The fourth-order valence-corrected chi connectivity index (χ4v) is 3.94. The Hall–Kier alpha value is -2.49. The first kappa shape index (κ1) is 17.0. The zero-order valence-corrected chi connectivity index (χ0v) is 16.1. The van der Waals surface area contributed by atoms with Crippen molar-refractivity contribution >= 4 is 21.6 Å². The fraction of sp³-hybridized carbons (Fsp3) is 0.444. The van der Waals surface area contributed by atoms with E-state index >= 15 is 0 Å². The lowest BCUT2D eigenvalue weighted by molar-refractivity contribution is 0.0257. The molecule has 7 nitrogen and oxygen atoms in total. The molecule has 0 radical (unpaired) electrons. The molecule has 0 unspecified atom stereocenters. The molecule has 2 aliphatic rings. The number of fused-ring (bicyclic) bond motifs is 1. The molecule has 0 aromatic carbocycles. The number of piperidine rings is 1. The molecule has 0 bridgehead atoms. The second-order valence-corrected chi connectivity index (χ2v) is 7.91. The molecule has 1 fully saturated rings. The SMILES string of the molecule is CC1(C)C=C=C(N2CCC(c3cc(=O)[nH]c4c(C#N)c(Br)nn34)CC2)O1. The fourth-order valence-electron chi connectivity index (χ4n) is 3.51. The lowest BCUT2D eigenvalue weighted by Gasteiger charge is -2.34. The van der Waals surface area contributed by atoms with Crippen molar-refractivity contribution in [2.45, 2.75) is 38.2 Å². The number of hydrogen-bond acceptors (Lipinski definition) is 5. The molecule has 1 N–H and O–H groups in total. The molecule has 0 atom stereocenters. The molecular formula is C18H18BrN5O2. The number of nitriles is 1. The highest BCUT2D eigenvalue weighted by atomic mass is 79.9. The molecule has 0 aliphatic carbocycles. The number of rotatable bonds is 2. The molecule has 2 aliphatic heterocycles. The van der Waals surface area contributed by atoms with E-state index < -0.39 is 0 Å². The molecule has 4 rings (SSSR count). The Bertz CT molecular complexity index is 1040. The van der Waals surface area contributed by atoms with Gasteiger partial charge in [0.2, 0.25) is 5.88 Å². The Morgan fingerprint density at radius 3 is 2.81 bits per heavy atom. The van der Waals surface area contributed by atoms with E-state index in [2.05, 4.69) is 42.7 Å². The van der Waals surface area contributed by atoms with Gasteiger partial charge in [-0.25, -0.2) is 4.52 Å². The van der Waals surface area contributed by atoms with Gasteiger partial charge >= 0.3 is 0 Å². The first-order valence-electron chi connectivity index (χ1n) is 8.51. The van der Waals surface area contributed by atoms with Gasteiger partial charge in [-0.2, -0.15) is 10.4 Å². The molecule has 0 amide bonds. The maximum absolute atomic E-state index is 12.1. The third-order valence-corrected chi connectivity index (χ3v) is 5.38. The van der Waals surface area contributed by atoms with Gasteiger partial charge in [-0.3, -0.25) is 4.79 Å². The number of aromatic amines is 1. The van der Waals surface area contributed by atoms with E-state index in [1.54, 1.807) is 10.6 Å². The lowest BCUT2D eigenvalue weighted by atomic mass is 9.93. The summed E-state index contributed by atoms with van der Waals surface area (Å²) in [6, 6.07) is 3.67. The van der Waals surface area contributed by atoms with Crippen LogP contribution < -0.4 is 5.56 Å². The van der Waals surface area contributed by atoms with Crippen molar-refractivity contribution in [1.82, 2.24) is 19.5 Å². The van der Waals surface area contributed by atoms with E-state index in [4.69, 9.17) is 4.74 Å². The third kappa shape index (κ3) is 2.83. The zero-order valence-electron chi connectivity index (χ0n) is 14.5. The van der Waals surface area contributed by atoms with Crippen LogP contribution in [0, 0.1) is 11.3 Å². The molecule has 0 saturated carbocycles. The van der Waals surface area contributed by atoms with Gasteiger partial charge in [0.1, 0.15) is 21.8 Å². The molecule has 1 saturated heterocycles. The predicted octanol–water partition coefficient (Wildman–Crippen LogP) is 2.64. The van der Waals surface area contributed by atoms with Crippen molar-refractivity contribution in [1.29, 1.82) is 5.26 Å². The van der Waals surface area contributed by atoms with Crippen LogP contribution in [-0.2, 0) is 4.74 Å². The van der Waals surface area contributed by atoms with Crippen LogP contribution in [0.1, 0.15) is 43.9 Å². The van der Waals surface area contributed by atoms with Gasteiger partial charge in [-0.05, 0) is 42.6 Å². The van der Waals surface area contributed by atoms with E-state index in [9.17, 15) is 10.1 Å². The smallest absolute Gasteiger partial charge is 0.251 e. The normalized spacial score (nSPS) is 19.5. The maximum Gasteiger partial charge on any atom is 0.251 e. The topological polar surface area (TPSA) is 86.4 Å². The van der Waals surface area contributed by atoms with Crippen LogP contribution in [0.15, 0.2) is 33.2 Å².